The zero-order valence-corrected chi connectivity index (χ0v) is 15.4. The Bertz CT molecular complexity index is 793. The summed E-state index contributed by atoms with van der Waals surface area (Å²) < 4.78 is 29.9. The maximum absolute atomic E-state index is 13.7. The number of ether oxygens (including phenoxy) is 3. The summed E-state index contributed by atoms with van der Waals surface area (Å²) in [5.74, 6) is 1.05. The molecule has 144 valence electrons. The SMILES string of the molecule is CC(C)Oc1ccc(NC(=O)NCCc2cc(F)cc3c2OCOC3)cc1. The van der Waals surface area contributed by atoms with E-state index in [4.69, 9.17) is 14.2 Å². The predicted octanol–water partition coefficient (Wildman–Crippen LogP) is 3.84. The Morgan fingerprint density at radius 3 is 2.78 bits per heavy atom. The van der Waals surface area contributed by atoms with Crippen LogP contribution >= 0.6 is 0 Å². The Morgan fingerprint density at radius 2 is 2.04 bits per heavy atom. The number of carbonyl (C=O) groups is 1. The van der Waals surface area contributed by atoms with Gasteiger partial charge in [-0.3, -0.25) is 0 Å². The van der Waals surface area contributed by atoms with Crippen molar-refractivity contribution in [2.45, 2.75) is 33.0 Å². The van der Waals surface area contributed by atoms with E-state index >= 15 is 0 Å². The molecule has 3 rings (SSSR count). The van der Waals surface area contributed by atoms with Crippen LogP contribution < -0.4 is 20.1 Å². The van der Waals surface area contributed by atoms with Gasteiger partial charge in [0.1, 0.15) is 17.3 Å². The van der Waals surface area contributed by atoms with Crippen molar-refractivity contribution in [2.75, 3.05) is 18.7 Å². The minimum absolute atomic E-state index is 0.0937. The Hall–Kier alpha value is -2.80. The molecular formula is C20H23FN2O4. The second-order valence-electron chi connectivity index (χ2n) is 6.49. The fourth-order valence-electron chi connectivity index (χ4n) is 2.82. The molecule has 27 heavy (non-hydrogen) atoms. The average molecular weight is 374 g/mol. The van der Waals surface area contributed by atoms with Crippen LogP contribution in [-0.2, 0) is 17.8 Å². The number of urea groups is 1. The number of hydrogen-bond donors (Lipinski definition) is 2. The van der Waals surface area contributed by atoms with Gasteiger partial charge in [0.05, 0.1) is 12.7 Å². The standard InChI is InChI=1S/C20H23FN2O4/c1-13(2)27-18-5-3-17(4-6-18)23-20(24)22-8-7-14-9-16(21)10-15-11-25-12-26-19(14)15/h3-6,9-10,13H,7-8,11-12H2,1-2H3,(H2,22,23,24). The highest BCUT2D eigenvalue weighted by atomic mass is 19.1. The topological polar surface area (TPSA) is 68.8 Å². The lowest BCUT2D eigenvalue weighted by Gasteiger charge is -2.21. The predicted molar refractivity (Wildman–Crippen MR) is 99.6 cm³/mol. The maximum Gasteiger partial charge on any atom is 0.319 e. The van der Waals surface area contributed by atoms with E-state index in [0.29, 0.717) is 42.1 Å². The molecule has 0 spiro atoms. The number of carbonyl (C=O) groups excluding carboxylic acids is 1. The number of nitrogens with one attached hydrogen (secondary N) is 2. The van der Waals surface area contributed by atoms with Gasteiger partial charge in [0.15, 0.2) is 6.79 Å². The van der Waals surface area contributed by atoms with Crippen LogP contribution in [0.5, 0.6) is 11.5 Å². The first-order chi connectivity index (χ1) is 13.0. The van der Waals surface area contributed by atoms with E-state index < -0.39 is 0 Å². The van der Waals surface area contributed by atoms with Gasteiger partial charge in [-0.05, 0) is 62.2 Å². The number of benzene rings is 2. The number of halogens is 1. The van der Waals surface area contributed by atoms with Crippen LogP contribution in [0, 0.1) is 5.82 Å². The third-order valence-electron chi connectivity index (χ3n) is 3.92. The molecule has 6 nitrogen and oxygen atoms in total. The normalized spacial score (nSPS) is 12.9. The van der Waals surface area contributed by atoms with Crippen LogP contribution in [0.4, 0.5) is 14.9 Å². The summed E-state index contributed by atoms with van der Waals surface area (Å²) in [6.07, 6.45) is 0.547. The fraction of sp³-hybridized carbons (Fsp3) is 0.350. The van der Waals surface area contributed by atoms with Crippen LogP contribution in [0.1, 0.15) is 25.0 Å². The minimum atomic E-state index is -0.342. The van der Waals surface area contributed by atoms with Crippen LogP contribution in [0.3, 0.4) is 0 Å². The lowest BCUT2D eigenvalue weighted by molar-refractivity contribution is -0.0172. The number of hydrogen-bond acceptors (Lipinski definition) is 4. The number of amides is 2. The summed E-state index contributed by atoms with van der Waals surface area (Å²) in [5, 5.41) is 5.51. The first-order valence-corrected chi connectivity index (χ1v) is 8.84. The maximum atomic E-state index is 13.7. The smallest absolute Gasteiger partial charge is 0.319 e. The van der Waals surface area contributed by atoms with Gasteiger partial charge in [0.2, 0.25) is 0 Å². The summed E-state index contributed by atoms with van der Waals surface area (Å²) in [5.41, 5.74) is 2.06. The minimum Gasteiger partial charge on any atom is -0.491 e. The zero-order chi connectivity index (χ0) is 19.2. The molecule has 2 aromatic rings. The highest BCUT2D eigenvalue weighted by Crippen LogP contribution is 2.29. The van der Waals surface area contributed by atoms with Crippen molar-refractivity contribution >= 4 is 11.7 Å². The number of anilines is 1. The van der Waals surface area contributed by atoms with Gasteiger partial charge in [-0.1, -0.05) is 0 Å². The van der Waals surface area contributed by atoms with Gasteiger partial charge >= 0.3 is 6.03 Å². The Balaban J connectivity index is 1.51. The van der Waals surface area contributed by atoms with Crippen LogP contribution in [-0.4, -0.2) is 25.5 Å². The van der Waals surface area contributed by atoms with E-state index in [1.807, 2.05) is 13.8 Å². The number of fused-ring (bicyclic) bond motifs is 1. The summed E-state index contributed by atoms with van der Waals surface area (Å²) in [6, 6.07) is 9.65. The molecule has 1 aliphatic rings. The first-order valence-electron chi connectivity index (χ1n) is 8.84. The first kappa shape index (κ1) is 19.0. The summed E-state index contributed by atoms with van der Waals surface area (Å²) in [6.45, 7) is 4.72. The Labute approximate surface area is 157 Å². The quantitative estimate of drug-likeness (QED) is 0.806. The molecule has 0 bridgehead atoms. The fourth-order valence-corrected chi connectivity index (χ4v) is 2.82. The van der Waals surface area contributed by atoms with E-state index in [1.165, 1.54) is 12.1 Å². The van der Waals surface area contributed by atoms with E-state index in [1.54, 1.807) is 24.3 Å². The van der Waals surface area contributed by atoms with Crippen molar-refractivity contribution in [1.82, 2.24) is 5.32 Å². The molecule has 2 amide bonds. The van der Waals surface area contributed by atoms with Gasteiger partial charge in [0.25, 0.3) is 0 Å². The average Bonchev–Trinajstić information content (AvgIpc) is 2.63. The molecule has 2 aromatic carbocycles. The van der Waals surface area contributed by atoms with E-state index in [9.17, 15) is 9.18 Å². The van der Waals surface area contributed by atoms with Crippen molar-refractivity contribution in [1.29, 1.82) is 0 Å². The molecule has 0 aliphatic carbocycles. The van der Waals surface area contributed by atoms with Gasteiger partial charge in [0, 0.05) is 17.8 Å². The molecular weight excluding hydrogens is 351 g/mol. The molecule has 1 heterocycles. The van der Waals surface area contributed by atoms with E-state index in [-0.39, 0.29) is 24.7 Å². The summed E-state index contributed by atoms with van der Waals surface area (Å²) in [7, 11) is 0. The van der Waals surface area contributed by atoms with Crippen molar-refractivity contribution in [3.8, 4) is 11.5 Å². The largest absolute Gasteiger partial charge is 0.491 e. The van der Waals surface area contributed by atoms with Crippen molar-refractivity contribution in [3.05, 3.63) is 53.3 Å². The molecule has 7 heteroatoms. The summed E-state index contributed by atoms with van der Waals surface area (Å²) >= 11 is 0. The highest BCUT2D eigenvalue weighted by molar-refractivity contribution is 5.89. The van der Waals surface area contributed by atoms with Crippen LogP contribution in [0.2, 0.25) is 0 Å². The number of rotatable bonds is 6. The van der Waals surface area contributed by atoms with Gasteiger partial charge in [-0.2, -0.15) is 0 Å². The molecule has 0 fully saturated rings. The Morgan fingerprint density at radius 1 is 1.26 bits per heavy atom. The van der Waals surface area contributed by atoms with E-state index in [2.05, 4.69) is 10.6 Å². The van der Waals surface area contributed by atoms with Gasteiger partial charge < -0.3 is 24.8 Å². The monoisotopic (exact) mass is 374 g/mol. The molecule has 0 aromatic heterocycles. The summed E-state index contributed by atoms with van der Waals surface area (Å²) in [4.78, 5) is 12.0. The third-order valence-corrected chi connectivity index (χ3v) is 3.92. The van der Waals surface area contributed by atoms with Crippen LogP contribution in [0.25, 0.3) is 0 Å². The van der Waals surface area contributed by atoms with Gasteiger partial charge in [-0.25, -0.2) is 9.18 Å². The van der Waals surface area contributed by atoms with Crippen molar-refractivity contribution in [2.24, 2.45) is 0 Å². The molecule has 0 atom stereocenters. The molecule has 0 radical (unpaired) electrons. The van der Waals surface area contributed by atoms with E-state index in [0.717, 1.165) is 5.75 Å². The molecule has 1 aliphatic heterocycles. The molecule has 0 saturated carbocycles. The highest BCUT2D eigenvalue weighted by Gasteiger charge is 2.17. The molecule has 0 unspecified atom stereocenters. The molecule has 2 N–H and O–H groups in total. The lowest BCUT2D eigenvalue weighted by Crippen LogP contribution is -2.30. The second kappa shape index (κ2) is 8.73. The lowest BCUT2D eigenvalue weighted by atomic mass is 10.1. The van der Waals surface area contributed by atoms with Crippen LogP contribution in [0.15, 0.2) is 36.4 Å². The zero-order valence-electron chi connectivity index (χ0n) is 15.4. The molecule has 0 saturated heterocycles. The second-order valence-corrected chi connectivity index (χ2v) is 6.49. The Kier molecular flexibility index (Phi) is 6.13. The van der Waals surface area contributed by atoms with Gasteiger partial charge in [-0.15, -0.1) is 0 Å². The third kappa shape index (κ3) is 5.34. The van der Waals surface area contributed by atoms with Crippen molar-refractivity contribution < 1.29 is 23.4 Å². The van der Waals surface area contributed by atoms with Crippen molar-refractivity contribution in [3.63, 3.8) is 0 Å².